The Labute approximate surface area is 121 Å². The number of halogens is 1. The number of nitrogens with zero attached hydrogens (tertiary/aromatic N) is 1. The van der Waals surface area contributed by atoms with Gasteiger partial charge in [-0.2, -0.15) is 0 Å². The van der Waals surface area contributed by atoms with E-state index in [0.29, 0.717) is 17.1 Å². The van der Waals surface area contributed by atoms with Gasteiger partial charge in [0.25, 0.3) is 0 Å². The van der Waals surface area contributed by atoms with Crippen LogP contribution in [0.25, 0.3) is 10.9 Å². The van der Waals surface area contributed by atoms with Gasteiger partial charge in [0, 0.05) is 23.3 Å². The summed E-state index contributed by atoms with van der Waals surface area (Å²) in [5, 5.41) is 10.8. The van der Waals surface area contributed by atoms with Gasteiger partial charge in [0.05, 0.1) is 5.56 Å². The second kappa shape index (κ2) is 5.02. The number of fused-ring (bicyclic) bond motifs is 1. The first-order chi connectivity index (χ1) is 9.63. The summed E-state index contributed by atoms with van der Waals surface area (Å²) in [5.74, 6) is -0.910. The second-order valence-corrected chi connectivity index (χ2v) is 5.09. The molecule has 0 radical (unpaired) electrons. The van der Waals surface area contributed by atoms with Crippen LogP contribution in [0.5, 0.6) is 0 Å². The van der Waals surface area contributed by atoms with Gasteiger partial charge in [0.2, 0.25) is 0 Å². The number of carboxylic acid groups (broad SMARTS) is 1. The van der Waals surface area contributed by atoms with Crippen LogP contribution in [0.3, 0.4) is 0 Å². The summed E-state index contributed by atoms with van der Waals surface area (Å²) in [4.78, 5) is 11.0. The smallest absolute Gasteiger partial charge is 0.335 e. The highest BCUT2D eigenvalue weighted by atomic mass is 35.5. The fourth-order valence-electron chi connectivity index (χ4n) is 2.29. The Kier molecular flexibility index (Phi) is 3.20. The van der Waals surface area contributed by atoms with Crippen molar-refractivity contribution in [2.75, 3.05) is 0 Å². The number of benzene rings is 2. The molecule has 20 heavy (non-hydrogen) atoms. The minimum absolute atomic E-state index is 0.303. The molecule has 0 aliphatic carbocycles. The molecule has 3 rings (SSSR count). The number of aromatic carboxylic acids is 1. The summed E-state index contributed by atoms with van der Waals surface area (Å²) in [6.45, 7) is 0.616. The van der Waals surface area contributed by atoms with Crippen molar-refractivity contribution < 1.29 is 9.90 Å². The number of carbonyl (C=O) groups is 1. The standard InChI is InChI=1S/C16H12ClNO2/c17-14-5-4-12-6-7-18(15(12)9-14)10-11-2-1-3-13(8-11)16(19)20/h1-9H,10H2,(H,19,20). The normalized spacial score (nSPS) is 10.8. The lowest BCUT2D eigenvalue weighted by Crippen LogP contribution is -2.01. The fourth-order valence-corrected chi connectivity index (χ4v) is 2.46. The molecule has 100 valence electrons. The summed E-state index contributed by atoms with van der Waals surface area (Å²) >= 11 is 6.03. The quantitative estimate of drug-likeness (QED) is 0.789. The average molecular weight is 286 g/mol. The molecule has 3 nitrogen and oxygen atoms in total. The lowest BCUT2D eigenvalue weighted by Gasteiger charge is -2.07. The van der Waals surface area contributed by atoms with Crippen LogP contribution >= 0.6 is 11.6 Å². The van der Waals surface area contributed by atoms with E-state index in [1.807, 2.05) is 36.5 Å². The van der Waals surface area contributed by atoms with Crippen molar-refractivity contribution in [3.63, 3.8) is 0 Å². The van der Waals surface area contributed by atoms with Crippen molar-refractivity contribution in [1.82, 2.24) is 4.57 Å². The van der Waals surface area contributed by atoms with Gasteiger partial charge in [-0.25, -0.2) is 4.79 Å². The topological polar surface area (TPSA) is 42.2 Å². The molecule has 0 fully saturated rings. The molecule has 0 saturated heterocycles. The van der Waals surface area contributed by atoms with Crippen LogP contribution in [0.4, 0.5) is 0 Å². The van der Waals surface area contributed by atoms with E-state index in [1.165, 1.54) is 0 Å². The molecular formula is C16H12ClNO2. The van der Waals surface area contributed by atoms with E-state index < -0.39 is 5.97 Å². The molecule has 0 aliphatic rings. The van der Waals surface area contributed by atoms with Crippen LogP contribution in [0.1, 0.15) is 15.9 Å². The van der Waals surface area contributed by atoms with E-state index in [-0.39, 0.29) is 0 Å². The second-order valence-electron chi connectivity index (χ2n) is 4.65. The molecule has 0 unspecified atom stereocenters. The molecule has 0 amide bonds. The Balaban J connectivity index is 1.99. The van der Waals surface area contributed by atoms with Crippen LogP contribution in [0.15, 0.2) is 54.7 Å². The molecule has 4 heteroatoms. The fraction of sp³-hybridized carbons (Fsp3) is 0.0625. The predicted octanol–water partition coefficient (Wildman–Crippen LogP) is 4.04. The first-order valence-corrected chi connectivity index (χ1v) is 6.58. The van der Waals surface area contributed by atoms with Crippen molar-refractivity contribution in [1.29, 1.82) is 0 Å². The van der Waals surface area contributed by atoms with Gasteiger partial charge in [-0.3, -0.25) is 0 Å². The Hall–Kier alpha value is -2.26. The Morgan fingerprint density at radius 1 is 1.15 bits per heavy atom. The molecule has 1 heterocycles. The van der Waals surface area contributed by atoms with E-state index in [1.54, 1.807) is 18.2 Å². The van der Waals surface area contributed by atoms with Crippen molar-refractivity contribution in [2.45, 2.75) is 6.54 Å². The minimum atomic E-state index is -0.910. The summed E-state index contributed by atoms with van der Waals surface area (Å²) < 4.78 is 2.06. The molecule has 0 spiro atoms. The third kappa shape index (κ3) is 2.40. The van der Waals surface area contributed by atoms with E-state index in [2.05, 4.69) is 4.57 Å². The number of carboxylic acids is 1. The monoisotopic (exact) mass is 285 g/mol. The summed E-state index contributed by atoms with van der Waals surface area (Å²) in [5.41, 5.74) is 2.29. The molecule has 0 saturated carbocycles. The van der Waals surface area contributed by atoms with Gasteiger partial charge in [-0.05, 0) is 41.3 Å². The third-order valence-electron chi connectivity index (χ3n) is 3.26. The Bertz CT molecular complexity index is 792. The SMILES string of the molecule is O=C(O)c1cccc(Cn2ccc3ccc(Cl)cc32)c1. The maximum Gasteiger partial charge on any atom is 0.335 e. The summed E-state index contributed by atoms with van der Waals surface area (Å²) in [6.07, 6.45) is 1.98. The van der Waals surface area contributed by atoms with E-state index in [0.717, 1.165) is 16.5 Å². The number of hydrogen-bond acceptors (Lipinski definition) is 1. The maximum atomic E-state index is 11.0. The van der Waals surface area contributed by atoms with Gasteiger partial charge in [-0.1, -0.05) is 29.8 Å². The van der Waals surface area contributed by atoms with E-state index in [9.17, 15) is 4.79 Å². The van der Waals surface area contributed by atoms with Gasteiger partial charge >= 0.3 is 5.97 Å². The largest absolute Gasteiger partial charge is 0.478 e. The zero-order chi connectivity index (χ0) is 14.1. The lowest BCUT2D eigenvalue weighted by molar-refractivity contribution is 0.0696. The molecule has 1 N–H and O–H groups in total. The van der Waals surface area contributed by atoms with Crippen molar-refractivity contribution >= 4 is 28.5 Å². The Morgan fingerprint density at radius 3 is 2.80 bits per heavy atom. The van der Waals surface area contributed by atoms with Crippen molar-refractivity contribution in [3.8, 4) is 0 Å². The van der Waals surface area contributed by atoms with Crippen LogP contribution in [-0.4, -0.2) is 15.6 Å². The molecule has 1 aromatic heterocycles. The van der Waals surface area contributed by atoms with Crippen molar-refractivity contribution in [2.24, 2.45) is 0 Å². The molecule has 0 bridgehead atoms. The Morgan fingerprint density at radius 2 is 2.00 bits per heavy atom. The number of rotatable bonds is 3. The summed E-state index contributed by atoms with van der Waals surface area (Å²) in [7, 11) is 0. The van der Waals surface area contributed by atoms with E-state index in [4.69, 9.17) is 16.7 Å². The van der Waals surface area contributed by atoms with E-state index >= 15 is 0 Å². The number of hydrogen-bond donors (Lipinski definition) is 1. The van der Waals surface area contributed by atoms with Crippen LogP contribution < -0.4 is 0 Å². The highest BCUT2D eigenvalue weighted by molar-refractivity contribution is 6.31. The van der Waals surface area contributed by atoms with Crippen molar-refractivity contribution in [3.05, 3.63) is 70.9 Å². The number of aromatic nitrogens is 1. The first-order valence-electron chi connectivity index (χ1n) is 6.20. The minimum Gasteiger partial charge on any atom is -0.478 e. The predicted molar refractivity (Wildman–Crippen MR) is 79.5 cm³/mol. The first kappa shape index (κ1) is 12.8. The van der Waals surface area contributed by atoms with Crippen LogP contribution in [-0.2, 0) is 6.54 Å². The van der Waals surface area contributed by atoms with Gasteiger partial charge in [0.15, 0.2) is 0 Å². The molecule has 0 atom stereocenters. The maximum absolute atomic E-state index is 11.0. The highest BCUT2D eigenvalue weighted by Gasteiger charge is 2.06. The lowest BCUT2D eigenvalue weighted by atomic mass is 10.1. The zero-order valence-corrected chi connectivity index (χ0v) is 11.3. The summed E-state index contributed by atoms with van der Waals surface area (Å²) in [6, 6.07) is 14.7. The molecular weight excluding hydrogens is 274 g/mol. The van der Waals surface area contributed by atoms with Gasteiger partial charge in [0.1, 0.15) is 0 Å². The van der Waals surface area contributed by atoms with Gasteiger partial charge in [-0.15, -0.1) is 0 Å². The molecule has 0 aliphatic heterocycles. The van der Waals surface area contributed by atoms with Crippen LogP contribution in [0.2, 0.25) is 5.02 Å². The third-order valence-corrected chi connectivity index (χ3v) is 3.50. The van der Waals surface area contributed by atoms with Gasteiger partial charge < -0.3 is 9.67 Å². The molecule has 3 aromatic rings. The zero-order valence-electron chi connectivity index (χ0n) is 10.6. The average Bonchev–Trinajstić information content (AvgIpc) is 2.82. The highest BCUT2D eigenvalue weighted by Crippen LogP contribution is 2.21. The molecule has 2 aromatic carbocycles. The van der Waals surface area contributed by atoms with Crippen LogP contribution in [0, 0.1) is 0 Å².